The molecule has 1 amide bonds. The summed E-state index contributed by atoms with van der Waals surface area (Å²) in [7, 11) is 0. The predicted octanol–water partition coefficient (Wildman–Crippen LogP) is 2.28. The van der Waals surface area contributed by atoms with Crippen molar-refractivity contribution in [1.82, 2.24) is 24.1 Å². The van der Waals surface area contributed by atoms with Crippen molar-refractivity contribution in [1.29, 1.82) is 0 Å². The number of aromatic amines is 1. The first kappa shape index (κ1) is 23.6. The number of carbonyl (C=O) groups excluding carboxylic acids is 1. The van der Waals surface area contributed by atoms with Gasteiger partial charge >= 0.3 is 5.69 Å². The molecule has 0 bridgehead atoms. The van der Waals surface area contributed by atoms with Crippen molar-refractivity contribution in [2.75, 3.05) is 22.9 Å². The molecular formula is C21H29N7O3S. The van der Waals surface area contributed by atoms with Crippen LogP contribution in [-0.2, 0) is 11.3 Å². The van der Waals surface area contributed by atoms with Gasteiger partial charge in [0.15, 0.2) is 16.5 Å². The minimum atomic E-state index is -0.650. The van der Waals surface area contributed by atoms with Crippen molar-refractivity contribution in [3.8, 4) is 0 Å². The van der Waals surface area contributed by atoms with Crippen LogP contribution >= 0.6 is 11.8 Å². The zero-order valence-electron chi connectivity index (χ0n) is 18.4. The third-order valence-electron chi connectivity index (χ3n) is 5.11. The normalized spacial score (nSPS) is 11.2. The molecule has 0 atom stereocenters. The first-order valence-electron chi connectivity index (χ1n) is 10.8. The second-order valence-electron chi connectivity index (χ2n) is 7.45. The fraction of sp³-hybridized carbons (Fsp3) is 0.476. The predicted molar refractivity (Wildman–Crippen MR) is 126 cm³/mol. The molecule has 11 heteroatoms. The van der Waals surface area contributed by atoms with Crippen LogP contribution in [0.1, 0.15) is 46.0 Å². The number of nitrogens with zero attached hydrogens (tertiary/aromatic N) is 5. The van der Waals surface area contributed by atoms with Crippen molar-refractivity contribution >= 4 is 34.8 Å². The van der Waals surface area contributed by atoms with Crippen LogP contribution in [0.15, 0.2) is 39.1 Å². The van der Waals surface area contributed by atoms with E-state index in [1.807, 2.05) is 31.3 Å². The number of carbonyl (C=O) groups is 1. The lowest BCUT2D eigenvalue weighted by molar-refractivity contribution is -0.116. The number of thioether (sulfide) groups is 1. The number of nitrogens with two attached hydrogens (primary N) is 1. The van der Waals surface area contributed by atoms with E-state index >= 15 is 0 Å². The molecule has 3 heterocycles. The molecule has 3 rings (SSSR count). The molecule has 3 aromatic rings. The largest absolute Gasteiger partial charge is 0.383 e. The van der Waals surface area contributed by atoms with Crippen molar-refractivity contribution < 1.29 is 4.79 Å². The van der Waals surface area contributed by atoms with E-state index in [9.17, 15) is 14.4 Å². The molecule has 0 aliphatic rings. The van der Waals surface area contributed by atoms with Crippen LogP contribution in [0.25, 0.3) is 5.65 Å². The summed E-state index contributed by atoms with van der Waals surface area (Å²) in [5.74, 6) is -0.207. The van der Waals surface area contributed by atoms with Crippen LogP contribution < -0.4 is 21.9 Å². The van der Waals surface area contributed by atoms with Gasteiger partial charge in [-0.15, -0.1) is 10.2 Å². The molecule has 0 fully saturated rings. The molecular weight excluding hydrogens is 430 g/mol. The van der Waals surface area contributed by atoms with Crippen LogP contribution in [-0.4, -0.2) is 42.4 Å². The Morgan fingerprint density at radius 1 is 1.16 bits per heavy atom. The monoisotopic (exact) mass is 459 g/mol. The van der Waals surface area contributed by atoms with Gasteiger partial charge < -0.3 is 10.6 Å². The van der Waals surface area contributed by atoms with Gasteiger partial charge in [-0.25, -0.2) is 4.79 Å². The van der Waals surface area contributed by atoms with E-state index in [-0.39, 0.29) is 23.2 Å². The standard InChI is InChI=1S/C21H29N7O3S/c1-3-5-8-13-27(17-18(22)28(11-6-4-2)20(31)23-19(17)30)16(29)14-32-21-25-24-15-10-7-9-12-26(15)21/h7,9-10,12H,3-6,8,11,13-14,22H2,1-2H3,(H,23,30,31). The average Bonchev–Trinajstić information content (AvgIpc) is 3.19. The van der Waals surface area contributed by atoms with Gasteiger partial charge in [0.05, 0.1) is 5.75 Å². The van der Waals surface area contributed by atoms with Crippen molar-refractivity contribution in [3.05, 3.63) is 45.2 Å². The second-order valence-corrected chi connectivity index (χ2v) is 8.39. The fourth-order valence-corrected chi connectivity index (χ4v) is 4.18. The smallest absolute Gasteiger partial charge is 0.330 e. The molecule has 0 aliphatic carbocycles. The van der Waals surface area contributed by atoms with E-state index in [0.717, 1.165) is 25.7 Å². The first-order chi connectivity index (χ1) is 15.5. The lowest BCUT2D eigenvalue weighted by Gasteiger charge is -2.24. The SMILES string of the molecule is CCCCCN(C(=O)CSc1nnc2ccccn12)c1c(N)n(CCCC)c(=O)[nH]c1=O. The highest BCUT2D eigenvalue weighted by Crippen LogP contribution is 2.22. The Labute approximate surface area is 189 Å². The zero-order chi connectivity index (χ0) is 23.1. The summed E-state index contributed by atoms with van der Waals surface area (Å²) in [5.41, 5.74) is 5.76. The minimum absolute atomic E-state index is 0.0231. The molecule has 0 aliphatic heterocycles. The van der Waals surface area contributed by atoms with Gasteiger partial charge in [-0.2, -0.15) is 0 Å². The van der Waals surface area contributed by atoms with Gasteiger partial charge in [-0.05, 0) is 25.0 Å². The second kappa shape index (κ2) is 11.0. The van der Waals surface area contributed by atoms with Gasteiger partial charge in [0, 0.05) is 19.3 Å². The Morgan fingerprint density at radius 3 is 2.69 bits per heavy atom. The Hall–Kier alpha value is -3.08. The van der Waals surface area contributed by atoms with Gasteiger partial charge in [0.25, 0.3) is 5.56 Å². The van der Waals surface area contributed by atoms with E-state index in [2.05, 4.69) is 22.1 Å². The molecule has 0 spiro atoms. The van der Waals surface area contributed by atoms with Gasteiger partial charge in [-0.3, -0.25) is 23.5 Å². The van der Waals surface area contributed by atoms with Gasteiger partial charge in [-0.1, -0.05) is 50.9 Å². The topological polar surface area (TPSA) is 131 Å². The number of unbranched alkanes of at least 4 members (excludes halogenated alkanes) is 3. The van der Waals surface area contributed by atoms with Crippen LogP contribution in [0.3, 0.4) is 0 Å². The molecule has 0 aromatic carbocycles. The number of hydrogen-bond donors (Lipinski definition) is 2. The third-order valence-corrected chi connectivity index (χ3v) is 6.04. The number of pyridine rings is 1. The summed E-state index contributed by atoms with van der Waals surface area (Å²) in [5, 5.41) is 8.81. The fourth-order valence-electron chi connectivity index (χ4n) is 3.38. The number of fused-ring (bicyclic) bond motifs is 1. The molecule has 3 aromatic heterocycles. The summed E-state index contributed by atoms with van der Waals surface area (Å²) in [6, 6.07) is 5.55. The lowest BCUT2D eigenvalue weighted by atomic mass is 10.2. The van der Waals surface area contributed by atoms with E-state index < -0.39 is 11.2 Å². The lowest BCUT2D eigenvalue weighted by Crippen LogP contribution is -2.42. The molecule has 0 radical (unpaired) electrons. The number of rotatable bonds is 11. The Balaban J connectivity index is 1.89. The summed E-state index contributed by atoms with van der Waals surface area (Å²) in [6.07, 6.45) is 6.00. The van der Waals surface area contributed by atoms with Crippen LogP contribution in [0.2, 0.25) is 0 Å². The van der Waals surface area contributed by atoms with E-state index in [0.29, 0.717) is 30.3 Å². The number of aromatic nitrogens is 5. The maximum Gasteiger partial charge on any atom is 0.330 e. The highest BCUT2D eigenvalue weighted by molar-refractivity contribution is 7.99. The third kappa shape index (κ3) is 5.21. The summed E-state index contributed by atoms with van der Waals surface area (Å²) < 4.78 is 3.13. The Bertz CT molecular complexity index is 1180. The quantitative estimate of drug-likeness (QED) is 0.332. The van der Waals surface area contributed by atoms with E-state index in [4.69, 9.17) is 5.73 Å². The maximum absolute atomic E-state index is 13.2. The number of anilines is 2. The zero-order valence-corrected chi connectivity index (χ0v) is 19.2. The molecule has 0 unspecified atom stereocenters. The van der Waals surface area contributed by atoms with E-state index in [1.165, 1.54) is 21.2 Å². The number of nitrogens with one attached hydrogen (secondary N) is 1. The molecule has 0 saturated heterocycles. The number of nitrogen functional groups attached to an aromatic ring is 1. The van der Waals surface area contributed by atoms with Crippen molar-refractivity contribution in [2.45, 2.75) is 57.7 Å². The molecule has 10 nitrogen and oxygen atoms in total. The summed E-state index contributed by atoms with van der Waals surface area (Å²) >= 11 is 1.24. The Kier molecular flexibility index (Phi) is 8.09. The molecule has 32 heavy (non-hydrogen) atoms. The molecule has 172 valence electrons. The molecule has 3 N–H and O–H groups in total. The molecule has 0 saturated carbocycles. The van der Waals surface area contributed by atoms with Crippen LogP contribution in [0, 0.1) is 0 Å². The van der Waals surface area contributed by atoms with Crippen LogP contribution in [0.5, 0.6) is 0 Å². The van der Waals surface area contributed by atoms with Crippen LogP contribution in [0.4, 0.5) is 11.5 Å². The highest BCUT2D eigenvalue weighted by Gasteiger charge is 2.24. The number of amides is 1. The van der Waals surface area contributed by atoms with Crippen molar-refractivity contribution in [3.63, 3.8) is 0 Å². The minimum Gasteiger partial charge on any atom is -0.383 e. The summed E-state index contributed by atoms with van der Waals surface area (Å²) in [6.45, 7) is 4.78. The summed E-state index contributed by atoms with van der Waals surface area (Å²) in [4.78, 5) is 41.9. The maximum atomic E-state index is 13.2. The van der Waals surface area contributed by atoms with E-state index in [1.54, 1.807) is 4.40 Å². The first-order valence-corrected chi connectivity index (χ1v) is 11.8. The number of hydrogen-bond acceptors (Lipinski definition) is 7. The Morgan fingerprint density at radius 2 is 1.94 bits per heavy atom. The number of H-pyrrole nitrogens is 1. The van der Waals surface area contributed by atoms with Crippen molar-refractivity contribution in [2.24, 2.45) is 0 Å². The average molecular weight is 460 g/mol. The highest BCUT2D eigenvalue weighted by atomic mass is 32.2. The van der Waals surface area contributed by atoms with Gasteiger partial charge in [0.1, 0.15) is 5.82 Å². The van der Waals surface area contributed by atoms with Gasteiger partial charge in [0.2, 0.25) is 5.91 Å².